The average molecular weight is 149 g/mol. The minimum Gasteiger partial charge on any atom is -0.379 e. The number of thioether (sulfide) groups is 1. The van der Waals surface area contributed by atoms with Gasteiger partial charge in [-0.15, -0.1) is 0 Å². The van der Waals surface area contributed by atoms with Gasteiger partial charge in [0, 0.05) is 0 Å². The summed E-state index contributed by atoms with van der Waals surface area (Å²) in [5, 5.41) is 8.62. The second-order valence-corrected chi connectivity index (χ2v) is 3.04. The summed E-state index contributed by atoms with van der Waals surface area (Å²) in [6.45, 7) is 0. The van der Waals surface area contributed by atoms with Crippen LogP contribution in [0.1, 0.15) is 19.3 Å². The van der Waals surface area contributed by atoms with Gasteiger partial charge in [-0.2, -0.15) is 11.8 Å². The summed E-state index contributed by atoms with van der Waals surface area (Å²) >= 11 is 1.83. The minimum atomic E-state index is -0.605. The first-order valence-corrected chi connectivity index (χ1v) is 4.59. The molecular formula is C6H15NOS. The Kier molecular flexibility index (Phi) is 6.58. The van der Waals surface area contributed by atoms with Crippen molar-refractivity contribution in [1.29, 1.82) is 0 Å². The normalized spacial score (nSPS) is 13.7. The first-order chi connectivity index (χ1) is 4.27. The van der Waals surface area contributed by atoms with Crippen LogP contribution < -0.4 is 5.73 Å². The van der Waals surface area contributed by atoms with E-state index in [-0.39, 0.29) is 0 Å². The van der Waals surface area contributed by atoms with E-state index < -0.39 is 6.23 Å². The lowest BCUT2D eigenvalue weighted by molar-refractivity contribution is 0.169. The van der Waals surface area contributed by atoms with Crippen molar-refractivity contribution in [2.45, 2.75) is 25.5 Å². The molecule has 0 aliphatic carbocycles. The second kappa shape index (κ2) is 6.39. The Morgan fingerprint density at radius 1 is 1.56 bits per heavy atom. The monoisotopic (exact) mass is 149 g/mol. The molecule has 0 amide bonds. The average Bonchev–Trinajstić information content (AvgIpc) is 1.80. The molecular weight excluding hydrogens is 134 g/mol. The number of hydrogen-bond donors (Lipinski definition) is 2. The Bertz CT molecular complexity index is 59.0. The fraction of sp³-hybridized carbons (Fsp3) is 1.00. The van der Waals surface area contributed by atoms with Crippen LogP contribution >= 0.6 is 11.8 Å². The van der Waals surface area contributed by atoms with Gasteiger partial charge in [-0.3, -0.25) is 0 Å². The third-order valence-corrected chi connectivity index (χ3v) is 1.80. The molecule has 0 rings (SSSR count). The molecule has 2 nitrogen and oxygen atoms in total. The highest BCUT2D eigenvalue weighted by Gasteiger charge is 1.93. The van der Waals surface area contributed by atoms with Crippen LogP contribution in [-0.2, 0) is 0 Å². The van der Waals surface area contributed by atoms with Gasteiger partial charge in [0.05, 0.1) is 0 Å². The molecule has 0 heterocycles. The van der Waals surface area contributed by atoms with E-state index in [0.717, 1.165) is 19.3 Å². The van der Waals surface area contributed by atoms with E-state index in [4.69, 9.17) is 10.8 Å². The van der Waals surface area contributed by atoms with E-state index >= 15 is 0 Å². The second-order valence-electron chi connectivity index (χ2n) is 2.06. The predicted molar refractivity (Wildman–Crippen MR) is 42.4 cm³/mol. The third kappa shape index (κ3) is 8.27. The Labute approximate surface area is 60.8 Å². The van der Waals surface area contributed by atoms with E-state index in [0.29, 0.717) is 0 Å². The molecule has 1 unspecified atom stereocenters. The summed E-state index contributed by atoms with van der Waals surface area (Å²) in [6, 6.07) is 0. The first-order valence-electron chi connectivity index (χ1n) is 3.20. The summed E-state index contributed by atoms with van der Waals surface area (Å²) < 4.78 is 0. The van der Waals surface area contributed by atoms with Crippen LogP contribution in [-0.4, -0.2) is 23.3 Å². The van der Waals surface area contributed by atoms with Crippen molar-refractivity contribution in [2.75, 3.05) is 12.0 Å². The van der Waals surface area contributed by atoms with Crippen LogP contribution in [0, 0.1) is 0 Å². The van der Waals surface area contributed by atoms with Crippen molar-refractivity contribution < 1.29 is 5.11 Å². The molecule has 0 saturated carbocycles. The number of aliphatic hydroxyl groups excluding tert-OH is 1. The fourth-order valence-corrected chi connectivity index (χ4v) is 1.09. The Hall–Kier alpha value is 0.270. The molecule has 0 radical (unpaired) electrons. The lowest BCUT2D eigenvalue weighted by Gasteiger charge is -2.01. The fourth-order valence-electron chi connectivity index (χ4n) is 0.600. The van der Waals surface area contributed by atoms with Gasteiger partial charge >= 0.3 is 0 Å². The molecule has 0 aromatic rings. The number of aliphatic hydroxyl groups is 1. The summed E-state index contributed by atoms with van der Waals surface area (Å²) in [7, 11) is 0. The quantitative estimate of drug-likeness (QED) is 0.449. The molecule has 56 valence electrons. The summed E-state index contributed by atoms with van der Waals surface area (Å²) in [4.78, 5) is 0. The van der Waals surface area contributed by atoms with Crippen LogP contribution in [0.3, 0.4) is 0 Å². The summed E-state index contributed by atoms with van der Waals surface area (Å²) in [5.41, 5.74) is 5.12. The molecule has 1 atom stereocenters. The van der Waals surface area contributed by atoms with Crippen molar-refractivity contribution in [1.82, 2.24) is 0 Å². The smallest absolute Gasteiger partial charge is 0.102 e. The molecule has 0 spiro atoms. The lowest BCUT2D eigenvalue weighted by atomic mass is 10.2. The Balaban J connectivity index is 2.75. The van der Waals surface area contributed by atoms with Gasteiger partial charge in [0.2, 0.25) is 0 Å². The molecule has 0 fully saturated rings. The maximum absolute atomic E-state index is 8.62. The van der Waals surface area contributed by atoms with E-state index in [1.54, 1.807) is 0 Å². The molecule has 0 aromatic heterocycles. The standard InChI is InChI=1S/C6H15NOS/c1-9-5-3-2-4-6(7)8/h6,8H,2-5,7H2,1H3. The zero-order valence-corrected chi connectivity index (χ0v) is 6.66. The highest BCUT2D eigenvalue weighted by Crippen LogP contribution is 2.02. The van der Waals surface area contributed by atoms with Crippen LogP contribution in [0.4, 0.5) is 0 Å². The van der Waals surface area contributed by atoms with Crippen LogP contribution in [0.15, 0.2) is 0 Å². The molecule has 0 aromatic carbocycles. The van der Waals surface area contributed by atoms with Crippen molar-refractivity contribution >= 4 is 11.8 Å². The van der Waals surface area contributed by atoms with Crippen LogP contribution in [0.5, 0.6) is 0 Å². The van der Waals surface area contributed by atoms with Gasteiger partial charge < -0.3 is 10.8 Å². The molecule has 0 aliphatic heterocycles. The van der Waals surface area contributed by atoms with Gasteiger partial charge in [0.1, 0.15) is 6.23 Å². The molecule has 9 heavy (non-hydrogen) atoms. The molecule has 0 aliphatic rings. The molecule has 3 heteroatoms. The Morgan fingerprint density at radius 2 is 2.22 bits per heavy atom. The SMILES string of the molecule is CSCCCCC(N)O. The summed E-state index contributed by atoms with van der Waals surface area (Å²) in [6.07, 6.45) is 4.42. The predicted octanol–water partition coefficient (Wildman–Crippen LogP) is 0.797. The van der Waals surface area contributed by atoms with Gasteiger partial charge in [-0.05, 0) is 31.3 Å². The molecule has 3 N–H and O–H groups in total. The van der Waals surface area contributed by atoms with Crippen molar-refractivity contribution in [3.05, 3.63) is 0 Å². The highest BCUT2D eigenvalue weighted by molar-refractivity contribution is 7.98. The van der Waals surface area contributed by atoms with E-state index in [9.17, 15) is 0 Å². The number of unbranched alkanes of at least 4 members (excludes halogenated alkanes) is 1. The lowest BCUT2D eigenvalue weighted by Crippen LogP contribution is -2.17. The van der Waals surface area contributed by atoms with Crippen molar-refractivity contribution in [2.24, 2.45) is 5.73 Å². The maximum atomic E-state index is 8.62. The molecule has 0 bridgehead atoms. The van der Waals surface area contributed by atoms with E-state index in [1.807, 2.05) is 11.8 Å². The van der Waals surface area contributed by atoms with Crippen molar-refractivity contribution in [3.63, 3.8) is 0 Å². The van der Waals surface area contributed by atoms with Crippen molar-refractivity contribution in [3.8, 4) is 0 Å². The maximum Gasteiger partial charge on any atom is 0.102 e. The van der Waals surface area contributed by atoms with Gasteiger partial charge in [-0.1, -0.05) is 0 Å². The topological polar surface area (TPSA) is 46.2 Å². The summed E-state index contributed by atoms with van der Waals surface area (Å²) in [5.74, 6) is 1.17. The van der Waals surface area contributed by atoms with Crippen LogP contribution in [0.25, 0.3) is 0 Å². The zero-order chi connectivity index (χ0) is 7.11. The number of nitrogens with two attached hydrogens (primary N) is 1. The highest BCUT2D eigenvalue weighted by atomic mass is 32.2. The largest absolute Gasteiger partial charge is 0.379 e. The molecule has 0 saturated heterocycles. The number of rotatable bonds is 5. The van der Waals surface area contributed by atoms with Gasteiger partial charge in [0.25, 0.3) is 0 Å². The minimum absolute atomic E-state index is 0.605. The van der Waals surface area contributed by atoms with Gasteiger partial charge in [0.15, 0.2) is 0 Å². The first kappa shape index (κ1) is 9.27. The Morgan fingerprint density at radius 3 is 2.67 bits per heavy atom. The van der Waals surface area contributed by atoms with E-state index in [2.05, 4.69) is 6.26 Å². The third-order valence-electron chi connectivity index (χ3n) is 1.10. The van der Waals surface area contributed by atoms with Crippen LogP contribution in [0.2, 0.25) is 0 Å². The zero-order valence-electron chi connectivity index (χ0n) is 5.84. The van der Waals surface area contributed by atoms with E-state index in [1.165, 1.54) is 5.75 Å². The van der Waals surface area contributed by atoms with Gasteiger partial charge in [-0.25, -0.2) is 0 Å². The number of hydrogen-bond acceptors (Lipinski definition) is 3.